The van der Waals surface area contributed by atoms with Crippen molar-refractivity contribution in [2.45, 2.75) is 18.4 Å². The first-order valence-electron chi connectivity index (χ1n) is 5.58. The number of nitrogens with zero attached hydrogens (tertiary/aromatic N) is 1. The maximum atomic E-state index is 13.5. The van der Waals surface area contributed by atoms with E-state index in [1.54, 1.807) is 4.72 Å². The number of benzene rings is 1. The van der Waals surface area contributed by atoms with Gasteiger partial charge in [-0.25, -0.2) is 21.6 Å². The van der Waals surface area contributed by atoms with Crippen molar-refractivity contribution in [3.05, 3.63) is 41.0 Å². The van der Waals surface area contributed by atoms with Crippen molar-refractivity contribution in [1.29, 1.82) is 0 Å². The van der Waals surface area contributed by atoms with E-state index in [0.29, 0.717) is 6.07 Å². The Morgan fingerprint density at radius 2 is 1.86 bits per heavy atom. The number of aliphatic hydroxyl groups is 1. The third-order valence-corrected chi connectivity index (χ3v) is 4.20. The molecule has 0 amide bonds. The molecule has 0 atom stereocenters. The topological polar surface area (TPSA) is 95.1 Å². The molecule has 0 spiro atoms. The van der Waals surface area contributed by atoms with E-state index in [-0.39, 0.29) is 22.3 Å². The first-order chi connectivity index (χ1) is 9.76. The Labute approximate surface area is 117 Å². The third kappa shape index (κ3) is 2.85. The molecular formula is C11H10F3N3O3S. The number of H-pyrrole nitrogens is 1. The molecule has 114 valence electrons. The number of aliphatic hydroxyl groups excluding tert-OH is 1. The number of halogens is 3. The molecule has 3 N–H and O–H groups in total. The lowest BCUT2D eigenvalue weighted by atomic mass is 10.3. The molecule has 0 aliphatic rings. The lowest BCUT2D eigenvalue weighted by Gasteiger charge is -2.09. The first-order valence-corrected chi connectivity index (χ1v) is 7.06. The fourth-order valence-corrected chi connectivity index (χ4v) is 3.15. The van der Waals surface area contributed by atoms with Crippen molar-refractivity contribution in [2.75, 3.05) is 4.72 Å². The van der Waals surface area contributed by atoms with Crippen LogP contribution in [-0.2, 0) is 16.6 Å². The summed E-state index contributed by atoms with van der Waals surface area (Å²) in [5, 5.41) is 15.0. The van der Waals surface area contributed by atoms with Crippen LogP contribution in [0.5, 0.6) is 0 Å². The molecule has 0 saturated carbocycles. The molecule has 1 aromatic heterocycles. The number of hydrogen-bond acceptors (Lipinski definition) is 4. The van der Waals surface area contributed by atoms with E-state index < -0.39 is 39.8 Å². The van der Waals surface area contributed by atoms with E-state index in [2.05, 4.69) is 10.2 Å². The van der Waals surface area contributed by atoms with Gasteiger partial charge in [0.25, 0.3) is 10.0 Å². The van der Waals surface area contributed by atoms with Gasteiger partial charge < -0.3 is 5.11 Å². The second-order valence-corrected chi connectivity index (χ2v) is 5.75. The van der Waals surface area contributed by atoms with Gasteiger partial charge in [0.15, 0.2) is 11.6 Å². The smallest absolute Gasteiger partial charge is 0.265 e. The molecule has 1 aromatic carbocycles. The number of anilines is 1. The van der Waals surface area contributed by atoms with Crippen LogP contribution in [0, 0.1) is 24.4 Å². The van der Waals surface area contributed by atoms with Crippen LogP contribution >= 0.6 is 0 Å². The SMILES string of the molecule is Cc1[nH]nc(CO)c1S(=O)(=O)Nc1cc(F)c(F)cc1F. The molecule has 0 saturated heterocycles. The number of aryl methyl sites for hydroxylation is 1. The van der Waals surface area contributed by atoms with Gasteiger partial charge >= 0.3 is 0 Å². The van der Waals surface area contributed by atoms with E-state index in [1.807, 2.05) is 0 Å². The molecule has 1 heterocycles. The molecule has 10 heteroatoms. The van der Waals surface area contributed by atoms with E-state index in [0.717, 1.165) is 0 Å². The van der Waals surface area contributed by atoms with Gasteiger partial charge in [-0.05, 0) is 6.92 Å². The normalized spacial score (nSPS) is 11.7. The molecule has 0 radical (unpaired) electrons. The summed E-state index contributed by atoms with van der Waals surface area (Å²) < 4.78 is 65.4. The Kier molecular flexibility index (Phi) is 3.92. The Morgan fingerprint density at radius 1 is 1.24 bits per heavy atom. The summed E-state index contributed by atoms with van der Waals surface area (Å²) in [7, 11) is -4.33. The van der Waals surface area contributed by atoms with Crippen molar-refractivity contribution in [3.8, 4) is 0 Å². The summed E-state index contributed by atoms with van der Waals surface area (Å²) in [6.45, 7) is 0.711. The second-order valence-electron chi connectivity index (χ2n) is 4.13. The molecule has 21 heavy (non-hydrogen) atoms. The van der Waals surface area contributed by atoms with E-state index in [4.69, 9.17) is 5.11 Å². The molecule has 2 aromatic rings. The molecule has 2 rings (SSSR count). The summed E-state index contributed by atoms with van der Waals surface area (Å²) in [5.74, 6) is -4.12. The number of aromatic nitrogens is 2. The summed E-state index contributed by atoms with van der Waals surface area (Å²) in [6, 6.07) is 0.610. The van der Waals surface area contributed by atoms with Crippen molar-refractivity contribution in [2.24, 2.45) is 0 Å². The highest BCUT2D eigenvalue weighted by atomic mass is 32.2. The summed E-state index contributed by atoms with van der Waals surface area (Å²) in [4.78, 5) is -0.380. The van der Waals surface area contributed by atoms with Gasteiger partial charge in [-0.3, -0.25) is 9.82 Å². The highest BCUT2D eigenvalue weighted by Crippen LogP contribution is 2.24. The van der Waals surface area contributed by atoms with E-state index in [9.17, 15) is 21.6 Å². The maximum Gasteiger partial charge on any atom is 0.265 e. The molecule has 6 nitrogen and oxygen atoms in total. The van der Waals surface area contributed by atoms with Gasteiger partial charge in [-0.15, -0.1) is 0 Å². The number of rotatable bonds is 4. The van der Waals surface area contributed by atoms with Gasteiger partial charge in [-0.2, -0.15) is 5.10 Å². The second kappa shape index (κ2) is 5.37. The average molecular weight is 321 g/mol. The monoisotopic (exact) mass is 321 g/mol. The van der Waals surface area contributed by atoms with Crippen LogP contribution in [0.4, 0.5) is 18.9 Å². The Morgan fingerprint density at radius 3 is 2.48 bits per heavy atom. The molecule has 0 fully saturated rings. The van der Waals surface area contributed by atoms with Crippen molar-refractivity contribution >= 4 is 15.7 Å². The molecule has 0 aliphatic carbocycles. The quantitative estimate of drug-likeness (QED) is 0.742. The van der Waals surface area contributed by atoms with Crippen LogP contribution in [0.15, 0.2) is 17.0 Å². The number of aromatic amines is 1. The predicted octanol–water partition coefficient (Wildman–Crippen LogP) is 1.43. The Balaban J connectivity index is 2.47. The summed E-state index contributed by atoms with van der Waals surface area (Å²) in [5.41, 5.74) is -0.823. The van der Waals surface area contributed by atoms with Crippen LogP contribution in [0.25, 0.3) is 0 Å². The van der Waals surface area contributed by atoms with Gasteiger partial charge in [0.1, 0.15) is 16.4 Å². The highest BCUT2D eigenvalue weighted by Gasteiger charge is 2.25. The highest BCUT2D eigenvalue weighted by molar-refractivity contribution is 7.92. The zero-order valence-corrected chi connectivity index (χ0v) is 11.4. The van der Waals surface area contributed by atoms with E-state index in [1.165, 1.54) is 6.92 Å². The molecule has 0 aliphatic heterocycles. The van der Waals surface area contributed by atoms with Crippen LogP contribution in [-0.4, -0.2) is 23.7 Å². The minimum Gasteiger partial charge on any atom is -0.390 e. The zero-order valence-electron chi connectivity index (χ0n) is 10.6. The van der Waals surface area contributed by atoms with Crippen molar-refractivity contribution in [1.82, 2.24) is 10.2 Å². The molecule has 0 unspecified atom stereocenters. The maximum absolute atomic E-state index is 13.5. The third-order valence-electron chi connectivity index (χ3n) is 2.63. The zero-order chi connectivity index (χ0) is 15.8. The lowest BCUT2D eigenvalue weighted by Crippen LogP contribution is -2.16. The average Bonchev–Trinajstić information content (AvgIpc) is 2.77. The summed E-state index contributed by atoms with van der Waals surface area (Å²) >= 11 is 0. The van der Waals surface area contributed by atoms with E-state index >= 15 is 0 Å². The molecular weight excluding hydrogens is 311 g/mol. The lowest BCUT2D eigenvalue weighted by molar-refractivity contribution is 0.273. The van der Waals surface area contributed by atoms with Gasteiger partial charge in [0.05, 0.1) is 18.0 Å². The van der Waals surface area contributed by atoms with Crippen molar-refractivity contribution < 1.29 is 26.7 Å². The largest absolute Gasteiger partial charge is 0.390 e. The fourth-order valence-electron chi connectivity index (χ4n) is 1.73. The predicted molar refractivity (Wildman–Crippen MR) is 66.4 cm³/mol. The van der Waals surface area contributed by atoms with Crippen LogP contribution in [0.3, 0.4) is 0 Å². The fraction of sp³-hybridized carbons (Fsp3) is 0.182. The van der Waals surface area contributed by atoms with Gasteiger partial charge in [-0.1, -0.05) is 0 Å². The van der Waals surface area contributed by atoms with Crippen LogP contribution < -0.4 is 4.72 Å². The standard InChI is InChI=1S/C11H10F3N3O3S/c1-5-11(10(4-18)16-15-5)21(19,20)17-9-3-7(13)6(12)2-8(9)14/h2-3,17-18H,4H2,1H3,(H,15,16). The Hall–Kier alpha value is -2.07. The minimum absolute atomic E-state index is 0.106. The van der Waals surface area contributed by atoms with Crippen LogP contribution in [0.2, 0.25) is 0 Å². The number of hydrogen-bond donors (Lipinski definition) is 3. The number of sulfonamides is 1. The van der Waals surface area contributed by atoms with Gasteiger partial charge in [0.2, 0.25) is 0 Å². The first kappa shape index (κ1) is 15.3. The number of nitrogens with one attached hydrogen (secondary N) is 2. The van der Waals surface area contributed by atoms with Gasteiger partial charge in [0, 0.05) is 12.1 Å². The Bertz CT molecular complexity index is 789. The van der Waals surface area contributed by atoms with Crippen molar-refractivity contribution in [3.63, 3.8) is 0 Å². The minimum atomic E-state index is -4.33. The molecule has 0 bridgehead atoms. The van der Waals surface area contributed by atoms with Crippen LogP contribution in [0.1, 0.15) is 11.4 Å². The summed E-state index contributed by atoms with van der Waals surface area (Å²) in [6.07, 6.45) is 0.